The van der Waals surface area contributed by atoms with Crippen LogP contribution in [0.3, 0.4) is 0 Å². The highest BCUT2D eigenvalue weighted by atomic mass is 19.1. The third-order valence-electron chi connectivity index (χ3n) is 4.06. The maximum atomic E-state index is 13.7. The molecule has 24 heavy (non-hydrogen) atoms. The zero-order chi connectivity index (χ0) is 17.1. The van der Waals surface area contributed by atoms with Crippen LogP contribution in [0.5, 0.6) is 0 Å². The Morgan fingerprint density at radius 1 is 1.17 bits per heavy atom. The van der Waals surface area contributed by atoms with Crippen LogP contribution in [0.4, 0.5) is 10.1 Å². The number of anilines is 1. The molecule has 0 radical (unpaired) electrons. The van der Waals surface area contributed by atoms with Crippen molar-refractivity contribution in [1.29, 1.82) is 5.26 Å². The Labute approximate surface area is 137 Å². The summed E-state index contributed by atoms with van der Waals surface area (Å²) in [4.78, 5) is 30.1. The smallest absolute Gasteiger partial charge is 0.260 e. The predicted molar refractivity (Wildman–Crippen MR) is 86.3 cm³/mol. The van der Waals surface area contributed by atoms with E-state index in [-0.39, 0.29) is 17.0 Å². The maximum Gasteiger partial charge on any atom is 0.260 e. The Morgan fingerprint density at radius 2 is 1.92 bits per heavy atom. The van der Waals surface area contributed by atoms with Crippen molar-refractivity contribution in [2.24, 2.45) is 0 Å². The first kappa shape index (κ1) is 15.7. The molecule has 2 heterocycles. The first-order valence-corrected chi connectivity index (χ1v) is 7.52. The summed E-state index contributed by atoms with van der Waals surface area (Å²) in [6.07, 6.45) is 1.48. The van der Waals surface area contributed by atoms with Gasteiger partial charge < -0.3 is 14.8 Å². The van der Waals surface area contributed by atoms with Crippen molar-refractivity contribution in [3.05, 3.63) is 63.8 Å². The van der Waals surface area contributed by atoms with Crippen LogP contribution in [0.25, 0.3) is 0 Å². The molecule has 1 aliphatic rings. The standard InChI is InChI=1S/C17H15FN4O2/c18-14-4-1-5-15(13(14)11-19)21-7-9-22(10-8-21)17(24)12-3-2-6-20-16(12)23/h1-6H,7-10H2,(H,20,23). The first-order valence-electron chi connectivity index (χ1n) is 7.52. The number of hydrogen-bond acceptors (Lipinski definition) is 4. The molecule has 1 aromatic carbocycles. The van der Waals surface area contributed by atoms with Crippen molar-refractivity contribution >= 4 is 11.6 Å². The van der Waals surface area contributed by atoms with Crippen LogP contribution in [-0.2, 0) is 0 Å². The highest BCUT2D eigenvalue weighted by molar-refractivity contribution is 5.94. The van der Waals surface area contributed by atoms with Crippen LogP contribution in [0, 0.1) is 17.1 Å². The van der Waals surface area contributed by atoms with Gasteiger partial charge in [-0.25, -0.2) is 4.39 Å². The van der Waals surface area contributed by atoms with Crippen LogP contribution < -0.4 is 10.5 Å². The Bertz CT molecular complexity index is 863. The maximum absolute atomic E-state index is 13.7. The second kappa shape index (κ2) is 6.54. The molecule has 0 spiro atoms. The Hall–Kier alpha value is -3.14. The van der Waals surface area contributed by atoms with Gasteiger partial charge in [0.1, 0.15) is 23.0 Å². The molecule has 122 valence electrons. The van der Waals surface area contributed by atoms with Crippen molar-refractivity contribution in [2.45, 2.75) is 0 Å². The first-order chi connectivity index (χ1) is 11.6. The van der Waals surface area contributed by atoms with Gasteiger partial charge in [-0.1, -0.05) is 6.07 Å². The quantitative estimate of drug-likeness (QED) is 0.903. The molecule has 1 aliphatic heterocycles. The molecule has 7 heteroatoms. The van der Waals surface area contributed by atoms with E-state index in [9.17, 15) is 14.0 Å². The highest BCUT2D eigenvalue weighted by Gasteiger charge is 2.25. The van der Waals surface area contributed by atoms with Gasteiger partial charge in [0, 0.05) is 32.4 Å². The Morgan fingerprint density at radius 3 is 2.58 bits per heavy atom. The number of nitrogens with one attached hydrogen (secondary N) is 1. The molecular formula is C17H15FN4O2. The van der Waals surface area contributed by atoms with E-state index in [1.165, 1.54) is 18.3 Å². The molecule has 0 unspecified atom stereocenters. The molecule has 0 saturated carbocycles. The molecule has 1 saturated heterocycles. The summed E-state index contributed by atoms with van der Waals surface area (Å²) >= 11 is 0. The van der Waals surface area contributed by atoms with Crippen molar-refractivity contribution in [3.63, 3.8) is 0 Å². The lowest BCUT2D eigenvalue weighted by Crippen LogP contribution is -2.49. The number of halogens is 1. The van der Waals surface area contributed by atoms with Crippen LogP contribution >= 0.6 is 0 Å². The van der Waals surface area contributed by atoms with Crippen molar-refractivity contribution < 1.29 is 9.18 Å². The van der Waals surface area contributed by atoms with E-state index < -0.39 is 11.4 Å². The molecule has 3 rings (SSSR count). The van der Waals surface area contributed by atoms with Gasteiger partial charge in [0.25, 0.3) is 11.5 Å². The van der Waals surface area contributed by atoms with E-state index in [0.29, 0.717) is 31.9 Å². The zero-order valence-corrected chi connectivity index (χ0v) is 12.8. The molecule has 0 aliphatic carbocycles. The predicted octanol–water partition coefficient (Wildman–Crippen LogP) is 1.35. The summed E-state index contributed by atoms with van der Waals surface area (Å²) in [7, 11) is 0. The monoisotopic (exact) mass is 326 g/mol. The fraction of sp³-hybridized carbons (Fsp3) is 0.235. The number of benzene rings is 1. The number of amides is 1. The van der Waals surface area contributed by atoms with Gasteiger partial charge in [0.2, 0.25) is 0 Å². The van der Waals surface area contributed by atoms with Crippen molar-refractivity contribution in [1.82, 2.24) is 9.88 Å². The zero-order valence-electron chi connectivity index (χ0n) is 12.8. The summed E-state index contributed by atoms with van der Waals surface area (Å²) in [5, 5.41) is 9.13. The summed E-state index contributed by atoms with van der Waals surface area (Å²) in [5.41, 5.74) is 0.232. The van der Waals surface area contributed by atoms with E-state index in [2.05, 4.69) is 4.98 Å². The summed E-state index contributed by atoms with van der Waals surface area (Å²) in [6, 6.07) is 9.50. The SMILES string of the molecule is N#Cc1c(F)cccc1N1CCN(C(=O)c2ccc[nH]c2=O)CC1. The van der Waals surface area contributed by atoms with Gasteiger partial charge in [-0.15, -0.1) is 0 Å². The lowest BCUT2D eigenvalue weighted by atomic mass is 10.1. The highest BCUT2D eigenvalue weighted by Crippen LogP contribution is 2.23. The lowest BCUT2D eigenvalue weighted by Gasteiger charge is -2.36. The largest absolute Gasteiger partial charge is 0.367 e. The second-order valence-electron chi connectivity index (χ2n) is 5.44. The number of nitrogens with zero attached hydrogens (tertiary/aromatic N) is 3. The topological polar surface area (TPSA) is 80.2 Å². The third-order valence-corrected chi connectivity index (χ3v) is 4.06. The third kappa shape index (κ3) is 2.86. The number of rotatable bonds is 2. The Kier molecular flexibility index (Phi) is 4.29. The van der Waals surface area contributed by atoms with Crippen LogP contribution in [-0.4, -0.2) is 42.0 Å². The number of carbonyl (C=O) groups excluding carboxylic acids is 1. The molecular weight excluding hydrogens is 311 g/mol. The summed E-state index contributed by atoms with van der Waals surface area (Å²) < 4.78 is 13.7. The average molecular weight is 326 g/mol. The molecule has 6 nitrogen and oxygen atoms in total. The van der Waals surface area contributed by atoms with E-state index in [1.807, 2.05) is 11.0 Å². The second-order valence-corrected chi connectivity index (χ2v) is 5.44. The van der Waals surface area contributed by atoms with E-state index in [0.717, 1.165) is 0 Å². The van der Waals surface area contributed by atoms with Gasteiger partial charge >= 0.3 is 0 Å². The number of nitriles is 1. The molecule has 2 aromatic rings. The molecule has 1 N–H and O–H groups in total. The molecule has 1 fully saturated rings. The van der Waals surface area contributed by atoms with Gasteiger partial charge in [-0.05, 0) is 24.3 Å². The van der Waals surface area contributed by atoms with Gasteiger partial charge in [0.15, 0.2) is 0 Å². The van der Waals surface area contributed by atoms with Crippen LogP contribution in [0.15, 0.2) is 41.3 Å². The fourth-order valence-corrected chi connectivity index (χ4v) is 2.80. The van der Waals surface area contributed by atoms with Crippen molar-refractivity contribution in [2.75, 3.05) is 31.1 Å². The average Bonchev–Trinajstić information content (AvgIpc) is 2.61. The van der Waals surface area contributed by atoms with Gasteiger partial charge in [0.05, 0.1) is 5.69 Å². The molecule has 0 bridgehead atoms. The van der Waals surface area contributed by atoms with E-state index in [1.54, 1.807) is 23.1 Å². The van der Waals surface area contributed by atoms with E-state index >= 15 is 0 Å². The van der Waals surface area contributed by atoms with Gasteiger partial charge in [-0.3, -0.25) is 9.59 Å². The minimum atomic E-state index is -0.552. The normalized spacial score (nSPS) is 14.3. The number of H-pyrrole nitrogens is 1. The number of hydrogen-bond donors (Lipinski definition) is 1. The van der Waals surface area contributed by atoms with Crippen LogP contribution in [0.2, 0.25) is 0 Å². The Balaban J connectivity index is 1.74. The number of piperazine rings is 1. The summed E-state index contributed by atoms with van der Waals surface area (Å²) in [6.45, 7) is 1.73. The number of carbonyl (C=O) groups is 1. The van der Waals surface area contributed by atoms with E-state index in [4.69, 9.17) is 5.26 Å². The fourth-order valence-electron chi connectivity index (χ4n) is 2.80. The number of pyridine rings is 1. The van der Waals surface area contributed by atoms with Crippen molar-refractivity contribution in [3.8, 4) is 6.07 Å². The molecule has 1 amide bonds. The molecule has 0 atom stereocenters. The number of aromatic nitrogens is 1. The minimum absolute atomic E-state index is 0.0109. The molecule has 1 aromatic heterocycles. The number of aromatic amines is 1. The summed E-state index contributed by atoms with van der Waals surface area (Å²) in [5.74, 6) is -0.874. The van der Waals surface area contributed by atoms with Crippen LogP contribution in [0.1, 0.15) is 15.9 Å². The minimum Gasteiger partial charge on any atom is -0.367 e. The lowest BCUT2D eigenvalue weighted by molar-refractivity contribution is 0.0745. The van der Waals surface area contributed by atoms with Gasteiger partial charge in [-0.2, -0.15) is 5.26 Å².